The molecule has 1 saturated heterocycles. The van der Waals surface area contributed by atoms with Crippen LogP contribution in [0.15, 0.2) is 93.3 Å². The second-order valence-corrected chi connectivity index (χ2v) is 15.6. The normalized spacial score (nSPS) is 13.0. The molecule has 0 spiro atoms. The van der Waals surface area contributed by atoms with E-state index in [0.29, 0.717) is 43.7 Å². The second kappa shape index (κ2) is 20.4. The zero-order chi connectivity index (χ0) is 46.9. The highest BCUT2D eigenvalue weighted by molar-refractivity contribution is 7.90. The summed E-state index contributed by atoms with van der Waals surface area (Å²) in [6.45, 7) is 7.58. The summed E-state index contributed by atoms with van der Waals surface area (Å²) in [4.78, 5) is 68.5. The first kappa shape index (κ1) is 48.0. The van der Waals surface area contributed by atoms with Gasteiger partial charge in [0, 0.05) is 30.1 Å². The molecular weight excluding hydrogens is 870 g/mol. The molecule has 2 amide bonds. The van der Waals surface area contributed by atoms with Gasteiger partial charge in [-0.1, -0.05) is 31.2 Å². The van der Waals surface area contributed by atoms with Crippen LogP contribution in [0.1, 0.15) is 52.4 Å². The molecule has 2 N–H and O–H groups in total. The first-order chi connectivity index (χ1) is 30.2. The SMILES string of the molecule is CCc1ccc(COc2ccc(-n3c(=O)cc(C(F)(F)F)n(C)c3=O)cc2)c(OC(C)C(=O)OC)c1.Cc1cc(C)nc(NC(=O)NS(=O)(=O)c2ccccc2C(=O)OC2COC2)n1. The Morgan fingerprint density at radius 2 is 1.61 bits per heavy atom. The Kier molecular flexibility index (Phi) is 15.3. The topological polar surface area (TPSA) is 225 Å². The largest absolute Gasteiger partial charge is 0.489 e. The Bertz CT molecular complexity index is 2740. The van der Waals surface area contributed by atoms with Gasteiger partial charge in [-0.05, 0) is 81.3 Å². The van der Waals surface area contributed by atoms with Gasteiger partial charge in [-0.15, -0.1) is 0 Å². The molecule has 64 heavy (non-hydrogen) atoms. The lowest BCUT2D eigenvalue weighted by molar-refractivity contribution is -0.148. The van der Waals surface area contributed by atoms with Gasteiger partial charge in [0.15, 0.2) is 6.10 Å². The van der Waals surface area contributed by atoms with E-state index in [2.05, 4.69) is 15.3 Å². The molecule has 340 valence electrons. The number of aryl methyl sites for hydroxylation is 3. The van der Waals surface area contributed by atoms with Crippen LogP contribution in [0.4, 0.5) is 23.9 Å². The van der Waals surface area contributed by atoms with Gasteiger partial charge in [-0.25, -0.2) is 46.9 Å². The summed E-state index contributed by atoms with van der Waals surface area (Å²) in [6.07, 6.45) is -5.32. The molecule has 1 aliphatic rings. The number of esters is 2. The van der Waals surface area contributed by atoms with Gasteiger partial charge in [0.2, 0.25) is 5.95 Å². The van der Waals surface area contributed by atoms with Crippen LogP contribution < -0.4 is 30.8 Å². The van der Waals surface area contributed by atoms with Gasteiger partial charge in [0.1, 0.15) is 34.8 Å². The zero-order valence-corrected chi connectivity index (χ0v) is 36.0. The second-order valence-electron chi connectivity index (χ2n) is 14.0. The Balaban J connectivity index is 0.000000248. The minimum atomic E-state index is -4.84. The number of halogens is 3. The number of amides is 2. The Morgan fingerprint density at radius 3 is 2.20 bits per heavy atom. The average Bonchev–Trinajstić information content (AvgIpc) is 3.22. The summed E-state index contributed by atoms with van der Waals surface area (Å²) >= 11 is 0. The number of carbonyl (C=O) groups excluding carboxylic acids is 3. The van der Waals surface area contributed by atoms with Gasteiger partial charge in [0.25, 0.3) is 15.6 Å². The van der Waals surface area contributed by atoms with Gasteiger partial charge in [-0.2, -0.15) is 13.2 Å². The summed E-state index contributed by atoms with van der Waals surface area (Å²) in [5.74, 6) is -0.537. The number of benzene rings is 3. The number of sulfonamides is 1. The van der Waals surface area contributed by atoms with Gasteiger partial charge in [-0.3, -0.25) is 14.7 Å². The van der Waals surface area contributed by atoms with Crippen molar-refractivity contribution in [2.45, 2.75) is 64.0 Å². The molecule has 1 unspecified atom stereocenters. The monoisotopic (exact) mass is 912 g/mol. The molecule has 0 aliphatic carbocycles. The fourth-order valence-corrected chi connectivity index (χ4v) is 7.00. The summed E-state index contributed by atoms with van der Waals surface area (Å²) in [7, 11) is -2.13. The third-order valence-electron chi connectivity index (χ3n) is 9.19. The van der Waals surface area contributed by atoms with Crippen molar-refractivity contribution in [2.75, 3.05) is 25.6 Å². The molecule has 1 aliphatic heterocycles. The van der Waals surface area contributed by atoms with Crippen LogP contribution in [-0.2, 0) is 55.3 Å². The maximum absolute atomic E-state index is 13.1. The van der Waals surface area contributed by atoms with E-state index in [1.165, 1.54) is 55.6 Å². The molecule has 3 heterocycles. The maximum Gasteiger partial charge on any atom is 0.431 e. The molecule has 2 aromatic heterocycles. The molecule has 3 aromatic carbocycles. The number of aromatic nitrogens is 4. The van der Waals surface area contributed by atoms with E-state index in [9.17, 15) is 45.6 Å². The minimum absolute atomic E-state index is 0.0390. The number of carbonyl (C=O) groups is 3. The van der Waals surface area contributed by atoms with Crippen LogP contribution in [0.5, 0.6) is 11.5 Å². The van der Waals surface area contributed by atoms with Gasteiger partial charge < -0.3 is 23.7 Å². The van der Waals surface area contributed by atoms with Crippen LogP contribution in [0.2, 0.25) is 0 Å². The summed E-state index contributed by atoms with van der Waals surface area (Å²) in [6, 6.07) is 17.8. The van der Waals surface area contributed by atoms with Crippen molar-refractivity contribution in [2.24, 2.45) is 7.05 Å². The van der Waals surface area contributed by atoms with Crippen LogP contribution in [0.25, 0.3) is 5.69 Å². The molecule has 1 fully saturated rings. The fourth-order valence-electron chi connectivity index (χ4n) is 5.89. The summed E-state index contributed by atoms with van der Waals surface area (Å²) < 4.78 is 93.6. The Hall–Kier alpha value is -7.07. The molecule has 1 atom stereocenters. The van der Waals surface area contributed by atoms with Crippen LogP contribution in [-0.4, -0.2) is 78.0 Å². The van der Waals surface area contributed by atoms with E-state index in [4.69, 9.17) is 23.7 Å². The first-order valence-electron chi connectivity index (χ1n) is 19.2. The molecule has 6 rings (SSSR count). The minimum Gasteiger partial charge on any atom is -0.489 e. The predicted octanol–water partition coefficient (Wildman–Crippen LogP) is 4.80. The quantitative estimate of drug-likeness (QED) is 0.152. The highest BCUT2D eigenvalue weighted by Crippen LogP contribution is 2.28. The highest BCUT2D eigenvalue weighted by atomic mass is 32.2. The molecule has 18 nitrogen and oxygen atoms in total. The van der Waals surface area contributed by atoms with E-state index in [1.807, 2.05) is 29.8 Å². The first-order valence-corrected chi connectivity index (χ1v) is 20.7. The molecule has 0 saturated carbocycles. The van der Waals surface area contributed by atoms with Crippen molar-refractivity contribution in [1.29, 1.82) is 0 Å². The number of hydrogen-bond donors (Lipinski definition) is 2. The zero-order valence-electron chi connectivity index (χ0n) is 35.2. The maximum atomic E-state index is 13.1. The number of alkyl halides is 3. The van der Waals surface area contributed by atoms with Crippen molar-refractivity contribution in [1.82, 2.24) is 23.8 Å². The Morgan fingerprint density at radius 1 is 0.953 bits per heavy atom. The average molecular weight is 913 g/mol. The van der Waals surface area contributed by atoms with Crippen molar-refractivity contribution in [3.8, 4) is 17.2 Å². The van der Waals surface area contributed by atoms with Crippen LogP contribution in [0.3, 0.4) is 0 Å². The standard InChI is InChI=1S/C25H25F3N2O6.C17H18N4O6S/c1-5-16-6-7-17(20(12-16)36-15(2)23(32)34-4)14-35-19-10-8-18(9-11-19)30-22(31)13-21(25(26,27)28)29(3)24(30)33;1-10-7-11(2)19-16(18-10)20-17(23)21-28(24,25)14-6-4-3-5-13(14)15(22)27-12-8-26-9-12/h6-13,15H,5,14H2,1-4H3;3-7,12H,8-9H2,1-2H3,(H2,18,19,20,21,23). The predicted molar refractivity (Wildman–Crippen MR) is 222 cm³/mol. The summed E-state index contributed by atoms with van der Waals surface area (Å²) in [5.41, 5.74) is -0.765. The van der Waals surface area contributed by atoms with E-state index >= 15 is 0 Å². The van der Waals surface area contributed by atoms with E-state index < -0.39 is 63.3 Å². The lowest BCUT2D eigenvalue weighted by Crippen LogP contribution is -2.40. The number of nitrogens with zero attached hydrogens (tertiary/aromatic N) is 4. The highest BCUT2D eigenvalue weighted by Gasteiger charge is 2.35. The van der Waals surface area contributed by atoms with E-state index in [0.717, 1.165) is 19.0 Å². The third kappa shape index (κ3) is 12.1. The third-order valence-corrected chi connectivity index (χ3v) is 10.6. The number of urea groups is 1. The molecule has 5 aromatic rings. The summed E-state index contributed by atoms with van der Waals surface area (Å²) in [5, 5.41) is 2.26. The number of methoxy groups -OCH3 is 1. The number of anilines is 1. The molecule has 0 radical (unpaired) electrons. The molecule has 0 bridgehead atoms. The number of ether oxygens (including phenoxy) is 5. The smallest absolute Gasteiger partial charge is 0.431 e. The van der Waals surface area contributed by atoms with Gasteiger partial charge in [0.05, 0.1) is 31.6 Å². The van der Waals surface area contributed by atoms with Crippen molar-refractivity contribution >= 4 is 33.9 Å². The van der Waals surface area contributed by atoms with Crippen LogP contribution in [0, 0.1) is 13.8 Å². The lowest BCUT2D eigenvalue weighted by atomic mass is 10.1. The van der Waals surface area contributed by atoms with Crippen molar-refractivity contribution in [3.05, 3.63) is 133 Å². The Labute approximate surface area is 364 Å². The van der Waals surface area contributed by atoms with E-state index in [1.54, 1.807) is 26.8 Å². The number of nitrogens with one attached hydrogen (secondary N) is 2. The van der Waals surface area contributed by atoms with E-state index in [-0.39, 0.29) is 41.9 Å². The van der Waals surface area contributed by atoms with Crippen molar-refractivity contribution < 1.29 is 59.7 Å². The van der Waals surface area contributed by atoms with Crippen molar-refractivity contribution in [3.63, 3.8) is 0 Å². The number of hydrogen-bond acceptors (Lipinski definition) is 14. The number of rotatable bonds is 13. The fraction of sp³-hybridized carbons (Fsp3) is 0.310. The molecular formula is C42H43F3N6O12S. The van der Waals surface area contributed by atoms with Crippen LogP contribution >= 0.6 is 0 Å². The lowest BCUT2D eigenvalue weighted by Gasteiger charge is -2.25. The van der Waals surface area contributed by atoms with Gasteiger partial charge >= 0.3 is 29.8 Å². The molecule has 22 heteroatoms.